The minimum Gasteiger partial charge on any atom is -0.484 e. The number of aliphatic hydroxyl groups excluding tert-OH is 1. The number of halogens is 4. The molecule has 34 heavy (non-hydrogen) atoms. The number of amides is 2. The SMILES string of the molecule is Cc1c(Cl)c(=O)oc2cc(OCC(=O)NC(CO)C(=O)Nc3cccc(C(F)(F)F)c3)ccc12. The number of hydrogen-bond donors (Lipinski definition) is 3. The molecule has 180 valence electrons. The van der Waals surface area contributed by atoms with E-state index in [0.29, 0.717) is 10.9 Å². The van der Waals surface area contributed by atoms with Crippen LogP contribution in [-0.2, 0) is 15.8 Å². The summed E-state index contributed by atoms with van der Waals surface area (Å²) in [6.45, 7) is 0.280. The number of nitrogens with one attached hydrogen (secondary N) is 2. The first kappa shape index (κ1) is 25.1. The molecule has 0 spiro atoms. The lowest BCUT2D eigenvalue weighted by molar-refractivity contribution is -0.137. The summed E-state index contributed by atoms with van der Waals surface area (Å²) in [7, 11) is 0. The van der Waals surface area contributed by atoms with E-state index < -0.39 is 48.4 Å². The zero-order valence-electron chi connectivity index (χ0n) is 17.5. The predicted octanol–water partition coefficient (Wildman–Crippen LogP) is 3.27. The number of fused-ring (bicyclic) bond motifs is 1. The molecule has 0 saturated heterocycles. The second-order valence-corrected chi connectivity index (χ2v) is 7.52. The molecule has 0 saturated carbocycles. The number of ether oxygens (including phenoxy) is 1. The highest BCUT2D eigenvalue weighted by Crippen LogP contribution is 2.30. The molecule has 0 aliphatic heterocycles. The molecule has 0 radical (unpaired) electrons. The number of anilines is 1. The fourth-order valence-corrected chi connectivity index (χ4v) is 3.12. The Bertz CT molecular complexity index is 1290. The second-order valence-electron chi connectivity index (χ2n) is 7.15. The van der Waals surface area contributed by atoms with Crippen molar-refractivity contribution >= 4 is 40.1 Å². The minimum absolute atomic E-state index is 0.0426. The zero-order valence-corrected chi connectivity index (χ0v) is 18.3. The molecule has 1 heterocycles. The molecular formula is C22H18ClF3N2O6. The molecule has 1 unspecified atom stereocenters. The van der Waals surface area contributed by atoms with Crippen molar-refractivity contribution in [1.29, 1.82) is 0 Å². The van der Waals surface area contributed by atoms with Crippen molar-refractivity contribution in [3.05, 3.63) is 69.0 Å². The molecule has 3 aromatic rings. The molecule has 1 atom stereocenters. The summed E-state index contributed by atoms with van der Waals surface area (Å²) in [6, 6.07) is 6.96. The predicted molar refractivity (Wildman–Crippen MR) is 117 cm³/mol. The van der Waals surface area contributed by atoms with E-state index in [1.54, 1.807) is 13.0 Å². The largest absolute Gasteiger partial charge is 0.484 e. The van der Waals surface area contributed by atoms with Crippen molar-refractivity contribution in [3.8, 4) is 5.75 Å². The summed E-state index contributed by atoms with van der Waals surface area (Å²) in [6.07, 6.45) is -4.60. The van der Waals surface area contributed by atoms with Crippen LogP contribution in [-0.4, -0.2) is 36.2 Å². The number of hydrogen-bond acceptors (Lipinski definition) is 6. The van der Waals surface area contributed by atoms with E-state index in [9.17, 15) is 32.7 Å². The third kappa shape index (κ3) is 5.86. The van der Waals surface area contributed by atoms with Crippen LogP contribution < -0.4 is 21.0 Å². The lowest BCUT2D eigenvalue weighted by Gasteiger charge is -2.17. The van der Waals surface area contributed by atoms with E-state index in [0.717, 1.165) is 18.2 Å². The van der Waals surface area contributed by atoms with Crippen molar-refractivity contribution in [2.24, 2.45) is 0 Å². The quantitative estimate of drug-likeness (QED) is 0.430. The molecule has 0 aliphatic rings. The number of carbonyl (C=O) groups excluding carboxylic acids is 2. The number of carbonyl (C=O) groups is 2. The third-order valence-electron chi connectivity index (χ3n) is 4.73. The third-order valence-corrected chi connectivity index (χ3v) is 5.17. The number of benzene rings is 2. The Hall–Kier alpha value is -3.57. The molecule has 0 aliphatic carbocycles. The standard InChI is InChI=1S/C22H18ClF3N2O6/c1-11-15-6-5-14(8-17(15)34-21(32)19(11)23)33-10-18(30)28-16(9-29)20(31)27-13-4-2-3-12(7-13)22(24,25)26/h2-8,16,29H,9-10H2,1H3,(H,27,31)(H,28,30). The van der Waals surface area contributed by atoms with Crippen LogP contribution in [0.3, 0.4) is 0 Å². The number of aliphatic hydroxyl groups is 1. The van der Waals surface area contributed by atoms with Crippen LogP contribution in [0.4, 0.5) is 18.9 Å². The Balaban J connectivity index is 1.61. The van der Waals surface area contributed by atoms with Crippen LogP contribution in [0.5, 0.6) is 5.75 Å². The van der Waals surface area contributed by atoms with Crippen molar-refractivity contribution in [2.75, 3.05) is 18.5 Å². The van der Waals surface area contributed by atoms with Crippen LogP contribution in [0.25, 0.3) is 11.0 Å². The van der Waals surface area contributed by atoms with Gasteiger partial charge in [0, 0.05) is 17.1 Å². The Morgan fingerprint density at radius 1 is 1.21 bits per heavy atom. The molecule has 12 heteroatoms. The smallest absolute Gasteiger partial charge is 0.416 e. The summed E-state index contributed by atoms with van der Waals surface area (Å²) >= 11 is 5.87. The summed E-state index contributed by atoms with van der Waals surface area (Å²) in [5, 5.41) is 14.4. The van der Waals surface area contributed by atoms with Gasteiger partial charge in [-0.1, -0.05) is 17.7 Å². The highest BCUT2D eigenvalue weighted by atomic mass is 35.5. The topological polar surface area (TPSA) is 118 Å². The lowest BCUT2D eigenvalue weighted by Crippen LogP contribution is -2.47. The van der Waals surface area contributed by atoms with E-state index in [1.165, 1.54) is 18.2 Å². The molecule has 3 N–H and O–H groups in total. The zero-order chi connectivity index (χ0) is 25.0. The van der Waals surface area contributed by atoms with E-state index in [2.05, 4.69) is 10.6 Å². The average Bonchev–Trinajstić information content (AvgIpc) is 2.79. The van der Waals surface area contributed by atoms with Gasteiger partial charge in [0.05, 0.1) is 12.2 Å². The summed E-state index contributed by atoms with van der Waals surface area (Å²) < 4.78 is 48.9. The van der Waals surface area contributed by atoms with Crippen molar-refractivity contribution in [3.63, 3.8) is 0 Å². The second kappa shape index (κ2) is 10.1. The number of aryl methyl sites for hydroxylation is 1. The first-order valence-corrected chi connectivity index (χ1v) is 10.1. The summed E-state index contributed by atoms with van der Waals surface area (Å²) in [4.78, 5) is 36.2. The van der Waals surface area contributed by atoms with Gasteiger partial charge in [-0.3, -0.25) is 9.59 Å². The van der Waals surface area contributed by atoms with E-state index in [-0.39, 0.29) is 22.0 Å². The first-order chi connectivity index (χ1) is 16.0. The van der Waals surface area contributed by atoms with Gasteiger partial charge in [-0.15, -0.1) is 0 Å². The van der Waals surface area contributed by atoms with Gasteiger partial charge in [0.25, 0.3) is 5.91 Å². The fourth-order valence-electron chi connectivity index (χ4n) is 2.98. The maximum absolute atomic E-state index is 12.8. The van der Waals surface area contributed by atoms with Crippen molar-refractivity contribution in [2.45, 2.75) is 19.1 Å². The molecule has 8 nitrogen and oxygen atoms in total. The fraction of sp³-hybridized carbons (Fsp3) is 0.227. The molecule has 2 amide bonds. The van der Waals surface area contributed by atoms with Gasteiger partial charge in [-0.2, -0.15) is 13.2 Å². The molecular weight excluding hydrogens is 481 g/mol. The van der Waals surface area contributed by atoms with Crippen LogP contribution in [0, 0.1) is 6.92 Å². The summed E-state index contributed by atoms with van der Waals surface area (Å²) in [5.41, 5.74) is -1.13. The van der Waals surface area contributed by atoms with Crippen LogP contribution in [0.15, 0.2) is 51.7 Å². The van der Waals surface area contributed by atoms with E-state index >= 15 is 0 Å². The monoisotopic (exact) mass is 498 g/mol. The number of alkyl halides is 3. The Morgan fingerprint density at radius 2 is 1.94 bits per heavy atom. The number of rotatable bonds is 7. The van der Waals surface area contributed by atoms with Gasteiger partial charge in [0.15, 0.2) is 6.61 Å². The van der Waals surface area contributed by atoms with Crippen LogP contribution in [0.1, 0.15) is 11.1 Å². The van der Waals surface area contributed by atoms with Gasteiger partial charge >= 0.3 is 11.8 Å². The molecule has 2 aromatic carbocycles. The Labute approximate surface area is 195 Å². The van der Waals surface area contributed by atoms with Gasteiger partial charge in [-0.05, 0) is 42.8 Å². The molecule has 3 rings (SSSR count). The maximum atomic E-state index is 12.8. The highest BCUT2D eigenvalue weighted by molar-refractivity contribution is 6.31. The van der Waals surface area contributed by atoms with Gasteiger partial charge in [0.2, 0.25) is 5.91 Å². The van der Waals surface area contributed by atoms with Crippen molar-refractivity contribution < 1.29 is 37.0 Å². The Kier molecular flexibility index (Phi) is 7.48. The minimum atomic E-state index is -4.60. The van der Waals surface area contributed by atoms with Gasteiger partial charge in [0.1, 0.15) is 22.4 Å². The molecule has 0 bridgehead atoms. The Morgan fingerprint density at radius 3 is 2.62 bits per heavy atom. The molecule has 1 aromatic heterocycles. The van der Waals surface area contributed by atoms with Crippen LogP contribution in [0.2, 0.25) is 5.02 Å². The normalized spacial score (nSPS) is 12.3. The average molecular weight is 499 g/mol. The van der Waals surface area contributed by atoms with Gasteiger partial charge in [-0.25, -0.2) is 4.79 Å². The molecule has 0 fully saturated rings. The maximum Gasteiger partial charge on any atom is 0.416 e. The van der Waals surface area contributed by atoms with E-state index in [4.69, 9.17) is 20.8 Å². The first-order valence-electron chi connectivity index (χ1n) is 9.73. The van der Waals surface area contributed by atoms with Crippen molar-refractivity contribution in [1.82, 2.24) is 5.32 Å². The lowest BCUT2D eigenvalue weighted by atomic mass is 10.1. The summed E-state index contributed by atoms with van der Waals surface area (Å²) in [5.74, 6) is -1.52. The highest BCUT2D eigenvalue weighted by Gasteiger charge is 2.30. The van der Waals surface area contributed by atoms with E-state index in [1.807, 2.05) is 0 Å². The van der Waals surface area contributed by atoms with Gasteiger partial charge < -0.3 is 24.9 Å². The van der Waals surface area contributed by atoms with Crippen LogP contribution >= 0.6 is 11.6 Å².